The molecule has 6 nitrogen and oxygen atoms in total. The molecule has 1 aliphatic rings. The zero-order valence-electron chi connectivity index (χ0n) is 18.6. The number of nitrogens with zero attached hydrogens (tertiary/aromatic N) is 2. The van der Waals surface area contributed by atoms with Crippen LogP contribution in [0.4, 0.5) is 0 Å². The number of likely N-dealkylation sites (tertiary alicyclic amines) is 1. The number of hydrogen-bond acceptors (Lipinski definition) is 5. The number of rotatable bonds is 8. The molecule has 3 rings (SSSR count). The van der Waals surface area contributed by atoms with E-state index in [0.717, 1.165) is 17.5 Å². The number of aliphatic hydroxyl groups is 1. The second-order valence-electron chi connectivity index (χ2n) is 8.09. The highest BCUT2D eigenvalue weighted by atomic mass is 16.5. The van der Waals surface area contributed by atoms with Crippen LogP contribution in [-0.2, 0) is 9.59 Å². The zero-order valence-corrected chi connectivity index (χ0v) is 18.6. The predicted octanol–water partition coefficient (Wildman–Crippen LogP) is 3.77. The number of amides is 1. The predicted molar refractivity (Wildman–Crippen MR) is 121 cm³/mol. The molecule has 31 heavy (non-hydrogen) atoms. The number of ketones is 1. The number of ether oxygens (including phenoxy) is 1. The van der Waals surface area contributed by atoms with Gasteiger partial charge in [-0.2, -0.15) is 0 Å². The van der Waals surface area contributed by atoms with E-state index in [2.05, 4.69) is 0 Å². The van der Waals surface area contributed by atoms with Gasteiger partial charge in [0.1, 0.15) is 11.5 Å². The van der Waals surface area contributed by atoms with E-state index in [1.165, 1.54) is 0 Å². The van der Waals surface area contributed by atoms with Gasteiger partial charge in [-0.1, -0.05) is 48.9 Å². The van der Waals surface area contributed by atoms with Crippen LogP contribution in [0.5, 0.6) is 5.75 Å². The van der Waals surface area contributed by atoms with Gasteiger partial charge in [-0.15, -0.1) is 0 Å². The van der Waals surface area contributed by atoms with E-state index in [9.17, 15) is 14.7 Å². The summed E-state index contributed by atoms with van der Waals surface area (Å²) >= 11 is 0. The van der Waals surface area contributed by atoms with E-state index in [4.69, 9.17) is 4.74 Å². The largest absolute Gasteiger partial charge is 0.507 e. The number of aryl methyl sites for hydroxylation is 1. The number of hydrogen-bond donors (Lipinski definition) is 1. The maximum Gasteiger partial charge on any atom is 0.295 e. The molecule has 0 aliphatic carbocycles. The van der Waals surface area contributed by atoms with Gasteiger partial charge in [0.25, 0.3) is 11.7 Å². The normalized spacial score (nSPS) is 18.1. The summed E-state index contributed by atoms with van der Waals surface area (Å²) in [5.74, 6) is -0.824. The van der Waals surface area contributed by atoms with Crippen molar-refractivity contribution in [2.24, 2.45) is 0 Å². The second-order valence-corrected chi connectivity index (χ2v) is 8.09. The Balaban J connectivity index is 2.10. The number of carbonyl (C=O) groups excluding carboxylic acids is 2. The third-order valence-corrected chi connectivity index (χ3v) is 5.27. The van der Waals surface area contributed by atoms with Gasteiger partial charge < -0.3 is 19.6 Å². The SMILES string of the molecule is CCCOc1cccc(/C(O)=C2/C(=O)C(=O)N(CCN(C)C)C2c2cccc(C)c2)c1. The Kier molecular flexibility index (Phi) is 7.13. The van der Waals surface area contributed by atoms with Gasteiger partial charge >= 0.3 is 0 Å². The van der Waals surface area contributed by atoms with Gasteiger partial charge in [-0.3, -0.25) is 9.59 Å². The minimum atomic E-state index is -0.664. The lowest BCUT2D eigenvalue weighted by atomic mass is 9.94. The molecule has 1 saturated heterocycles. The van der Waals surface area contributed by atoms with Gasteiger partial charge in [-0.25, -0.2) is 0 Å². The zero-order chi connectivity index (χ0) is 22.5. The van der Waals surface area contributed by atoms with Crippen LogP contribution in [0, 0.1) is 6.92 Å². The summed E-state index contributed by atoms with van der Waals surface area (Å²) in [4.78, 5) is 29.5. The van der Waals surface area contributed by atoms with Gasteiger partial charge in [-0.05, 0) is 45.1 Å². The molecule has 1 aliphatic heterocycles. The van der Waals surface area contributed by atoms with Crippen LogP contribution in [0.15, 0.2) is 54.1 Å². The lowest BCUT2D eigenvalue weighted by Gasteiger charge is -2.26. The first-order valence-electron chi connectivity index (χ1n) is 10.6. The van der Waals surface area contributed by atoms with Crippen LogP contribution in [0.2, 0.25) is 0 Å². The van der Waals surface area contributed by atoms with E-state index in [1.807, 2.05) is 57.1 Å². The Morgan fingerprint density at radius 2 is 1.87 bits per heavy atom. The third-order valence-electron chi connectivity index (χ3n) is 5.27. The van der Waals surface area contributed by atoms with Crippen LogP contribution >= 0.6 is 0 Å². The molecule has 1 heterocycles. The maximum atomic E-state index is 13.0. The Bertz CT molecular complexity index is 997. The van der Waals surface area contributed by atoms with Gasteiger partial charge in [0, 0.05) is 18.7 Å². The molecular formula is C25H30N2O4. The molecule has 0 radical (unpaired) electrons. The summed E-state index contributed by atoms with van der Waals surface area (Å²) in [6, 6.07) is 14.1. The molecule has 1 N–H and O–H groups in total. The lowest BCUT2D eigenvalue weighted by Crippen LogP contribution is -2.35. The van der Waals surface area contributed by atoms with Gasteiger partial charge in [0.05, 0.1) is 18.2 Å². The first-order chi connectivity index (χ1) is 14.8. The Morgan fingerprint density at radius 1 is 1.13 bits per heavy atom. The first kappa shape index (κ1) is 22.6. The molecular weight excluding hydrogens is 392 g/mol. The maximum absolute atomic E-state index is 13.0. The number of aliphatic hydroxyl groups excluding tert-OH is 1. The van der Waals surface area contributed by atoms with Crippen molar-refractivity contribution in [2.75, 3.05) is 33.8 Å². The quantitative estimate of drug-likeness (QED) is 0.398. The number of likely N-dealkylation sites (N-methyl/N-ethyl adjacent to an activating group) is 1. The van der Waals surface area contributed by atoms with Crippen molar-refractivity contribution < 1.29 is 19.4 Å². The molecule has 6 heteroatoms. The summed E-state index contributed by atoms with van der Waals surface area (Å²) in [5.41, 5.74) is 2.39. The number of benzene rings is 2. The van der Waals surface area contributed by atoms with E-state index < -0.39 is 17.7 Å². The number of Topliss-reactive ketones (excluding diaryl/α,β-unsaturated/α-hetero) is 1. The fourth-order valence-electron chi connectivity index (χ4n) is 3.71. The van der Waals surface area contributed by atoms with Crippen molar-refractivity contribution in [3.8, 4) is 5.75 Å². The second kappa shape index (κ2) is 9.79. The summed E-state index contributed by atoms with van der Waals surface area (Å²) in [6.07, 6.45) is 0.862. The molecule has 1 fully saturated rings. The average molecular weight is 423 g/mol. The van der Waals surface area contributed by atoms with Crippen molar-refractivity contribution in [2.45, 2.75) is 26.3 Å². The van der Waals surface area contributed by atoms with Crippen LogP contribution in [-0.4, -0.2) is 60.4 Å². The summed E-state index contributed by atoms with van der Waals surface area (Å²) in [7, 11) is 3.83. The molecule has 0 saturated carbocycles. The van der Waals surface area contributed by atoms with E-state index in [0.29, 0.717) is 31.0 Å². The van der Waals surface area contributed by atoms with Crippen molar-refractivity contribution >= 4 is 17.4 Å². The summed E-state index contributed by atoms with van der Waals surface area (Å²) in [5, 5.41) is 11.2. The lowest BCUT2D eigenvalue weighted by molar-refractivity contribution is -0.140. The third kappa shape index (κ3) is 4.97. The summed E-state index contributed by atoms with van der Waals surface area (Å²) < 4.78 is 5.67. The highest BCUT2D eigenvalue weighted by molar-refractivity contribution is 6.46. The smallest absolute Gasteiger partial charge is 0.295 e. The molecule has 164 valence electrons. The molecule has 0 bridgehead atoms. The van der Waals surface area contributed by atoms with Crippen molar-refractivity contribution in [3.05, 3.63) is 70.8 Å². The average Bonchev–Trinajstić information content (AvgIpc) is 3.00. The van der Waals surface area contributed by atoms with Crippen LogP contribution < -0.4 is 4.74 Å². The molecule has 1 unspecified atom stereocenters. The monoisotopic (exact) mass is 422 g/mol. The highest BCUT2D eigenvalue weighted by Gasteiger charge is 2.45. The van der Waals surface area contributed by atoms with Crippen LogP contribution in [0.25, 0.3) is 5.76 Å². The standard InChI is InChI=1S/C25H30N2O4/c1-5-14-31-20-11-7-10-19(16-20)23(28)21-22(18-9-6-8-17(2)15-18)27(13-12-26(3)4)25(30)24(21)29/h6-11,15-16,22,28H,5,12-14H2,1-4H3/b23-21-. The Labute approximate surface area is 183 Å². The van der Waals surface area contributed by atoms with E-state index in [-0.39, 0.29) is 11.3 Å². The van der Waals surface area contributed by atoms with Crippen molar-refractivity contribution in [1.82, 2.24) is 9.80 Å². The van der Waals surface area contributed by atoms with Gasteiger partial charge in [0.2, 0.25) is 0 Å². The minimum absolute atomic E-state index is 0.113. The molecule has 2 aromatic rings. The molecule has 2 aromatic carbocycles. The topological polar surface area (TPSA) is 70.1 Å². The molecule has 0 aromatic heterocycles. The minimum Gasteiger partial charge on any atom is -0.507 e. The molecule has 0 spiro atoms. The Morgan fingerprint density at radius 3 is 2.55 bits per heavy atom. The fraction of sp³-hybridized carbons (Fsp3) is 0.360. The highest BCUT2D eigenvalue weighted by Crippen LogP contribution is 2.39. The van der Waals surface area contributed by atoms with Crippen LogP contribution in [0.1, 0.15) is 36.1 Å². The van der Waals surface area contributed by atoms with Crippen LogP contribution in [0.3, 0.4) is 0 Å². The van der Waals surface area contributed by atoms with Crippen molar-refractivity contribution in [1.29, 1.82) is 0 Å². The van der Waals surface area contributed by atoms with E-state index >= 15 is 0 Å². The van der Waals surface area contributed by atoms with E-state index in [1.54, 1.807) is 29.2 Å². The van der Waals surface area contributed by atoms with Crippen molar-refractivity contribution in [3.63, 3.8) is 0 Å². The first-order valence-corrected chi connectivity index (χ1v) is 10.6. The summed E-state index contributed by atoms with van der Waals surface area (Å²) in [6.45, 7) is 5.52. The number of carbonyl (C=O) groups is 2. The fourth-order valence-corrected chi connectivity index (χ4v) is 3.71. The molecule has 1 atom stereocenters. The Hall–Kier alpha value is -3.12. The van der Waals surface area contributed by atoms with Gasteiger partial charge in [0.15, 0.2) is 0 Å². The molecule has 1 amide bonds.